The first-order chi connectivity index (χ1) is 14.5. The number of rotatable bonds is 5. The summed E-state index contributed by atoms with van der Waals surface area (Å²) in [4.78, 5) is 21.3. The Kier molecular flexibility index (Phi) is 5.95. The lowest BCUT2D eigenvalue weighted by atomic mass is 10.1. The Morgan fingerprint density at radius 1 is 1.10 bits per heavy atom. The van der Waals surface area contributed by atoms with E-state index in [1.165, 1.54) is 12.1 Å². The van der Waals surface area contributed by atoms with Crippen LogP contribution < -0.4 is 4.74 Å². The zero-order valence-electron chi connectivity index (χ0n) is 17.3. The third-order valence-electron chi connectivity index (χ3n) is 5.67. The molecule has 0 aliphatic carbocycles. The van der Waals surface area contributed by atoms with Crippen LogP contribution in [0.3, 0.4) is 0 Å². The molecule has 0 bridgehead atoms. The zero-order valence-corrected chi connectivity index (χ0v) is 17.3. The third kappa shape index (κ3) is 4.60. The van der Waals surface area contributed by atoms with Crippen LogP contribution in [0.2, 0.25) is 0 Å². The van der Waals surface area contributed by atoms with Crippen LogP contribution in [-0.2, 0) is 11.3 Å². The molecule has 1 saturated heterocycles. The molecule has 5 nitrogen and oxygen atoms in total. The van der Waals surface area contributed by atoms with Crippen molar-refractivity contribution in [3.63, 3.8) is 0 Å². The van der Waals surface area contributed by atoms with Crippen LogP contribution in [0.5, 0.6) is 5.75 Å². The third-order valence-corrected chi connectivity index (χ3v) is 5.67. The van der Waals surface area contributed by atoms with Crippen LogP contribution in [0, 0.1) is 5.82 Å². The molecule has 1 aromatic heterocycles. The maximum atomic E-state index is 13.1. The Labute approximate surface area is 176 Å². The van der Waals surface area contributed by atoms with Gasteiger partial charge in [0.15, 0.2) is 6.61 Å². The Hall–Kier alpha value is -2.99. The molecule has 6 heteroatoms. The molecule has 4 rings (SSSR count). The van der Waals surface area contributed by atoms with Crippen LogP contribution in [0.1, 0.15) is 19.4 Å². The molecule has 0 saturated carbocycles. The summed E-state index contributed by atoms with van der Waals surface area (Å²) in [6.07, 6.45) is 1.75. The van der Waals surface area contributed by atoms with Gasteiger partial charge in [0.1, 0.15) is 11.6 Å². The van der Waals surface area contributed by atoms with Crippen molar-refractivity contribution in [2.45, 2.75) is 32.5 Å². The van der Waals surface area contributed by atoms with Gasteiger partial charge >= 0.3 is 0 Å². The van der Waals surface area contributed by atoms with Crippen molar-refractivity contribution in [3.05, 3.63) is 72.2 Å². The minimum absolute atomic E-state index is 0.0120. The number of halogens is 1. The predicted octanol–water partition coefficient (Wildman–Crippen LogP) is 3.87. The number of carbonyl (C=O) groups is 1. The van der Waals surface area contributed by atoms with Crippen molar-refractivity contribution >= 4 is 16.8 Å². The molecular formula is C24H26FN3O2. The number of nitrogens with zero attached hydrogens (tertiary/aromatic N) is 3. The van der Waals surface area contributed by atoms with E-state index < -0.39 is 0 Å². The first-order valence-corrected chi connectivity index (χ1v) is 10.2. The molecule has 1 aliphatic heterocycles. The van der Waals surface area contributed by atoms with Gasteiger partial charge in [0.05, 0.1) is 5.52 Å². The highest BCUT2D eigenvalue weighted by Crippen LogP contribution is 2.21. The van der Waals surface area contributed by atoms with E-state index in [-0.39, 0.29) is 30.4 Å². The lowest BCUT2D eigenvalue weighted by molar-refractivity contribution is -0.139. The maximum Gasteiger partial charge on any atom is 0.260 e. The van der Waals surface area contributed by atoms with Crippen molar-refractivity contribution in [1.29, 1.82) is 0 Å². The SMILES string of the molecule is C[C@@H]1CN(Cc2ccc(F)cc2)[C@@H](C)CN1C(=O)COc1ccc2ncccc2c1. The number of pyridine rings is 1. The molecule has 2 heterocycles. The molecule has 2 aromatic carbocycles. The van der Waals surface area contributed by atoms with E-state index in [4.69, 9.17) is 4.74 Å². The van der Waals surface area contributed by atoms with E-state index in [0.29, 0.717) is 12.3 Å². The summed E-state index contributed by atoms with van der Waals surface area (Å²) in [6, 6.07) is 16.4. The van der Waals surface area contributed by atoms with E-state index in [1.54, 1.807) is 6.20 Å². The summed E-state index contributed by atoms with van der Waals surface area (Å²) in [5.74, 6) is 0.430. The molecule has 1 fully saturated rings. The highest BCUT2D eigenvalue weighted by Gasteiger charge is 2.32. The number of piperazine rings is 1. The summed E-state index contributed by atoms with van der Waals surface area (Å²) >= 11 is 0. The molecule has 1 aliphatic rings. The first kappa shape index (κ1) is 20.3. The number of fused-ring (bicyclic) bond motifs is 1. The molecule has 156 valence electrons. The quantitative estimate of drug-likeness (QED) is 0.644. The normalized spacial score (nSPS) is 19.8. The second-order valence-electron chi connectivity index (χ2n) is 7.95. The van der Waals surface area contributed by atoms with Crippen LogP contribution in [0.25, 0.3) is 10.9 Å². The minimum atomic E-state index is -0.224. The van der Waals surface area contributed by atoms with Gasteiger partial charge in [0.2, 0.25) is 0 Å². The molecule has 2 atom stereocenters. The second-order valence-corrected chi connectivity index (χ2v) is 7.95. The van der Waals surface area contributed by atoms with Crippen LogP contribution in [-0.4, -0.2) is 52.5 Å². The van der Waals surface area contributed by atoms with Gasteiger partial charge in [-0.25, -0.2) is 4.39 Å². The topological polar surface area (TPSA) is 45.7 Å². The smallest absolute Gasteiger partial charge is 0.260 e. The monoisotopic (exact) mass is 407 g/mol. The summed E-state index contributed by atoms with van der Waals surface area (Å²) in [5.41, 5.74) is 1.97. The predicted molar refractivity (Wildman–Crippen MR) is 115 cm³/mol. The Morgan fingerprint density at radius 2 is 1.90 bits per heavy atom. The highest BCUT2D eigenvalue weighted by atomic mass is 19.1. The summed E-state index contributed by atoms with van der Waals surface area (Å²) in [7, 11) is 0. The summed E-state index contributed by atoms with van der Waals surface area (Å²) in [5, 5.41) is 0.985. The lowest BCUT2D eigenvalue weighted by Gasteiger charge is -2.44. The minimum Gasteiger partial charge on any atom is -0.484 e. The molecule has 3 aromatic rings. The average molecular weight is 407 g/mol. The van der Waals surface area contributed by atoms with Crippen LogP contribution >= 0.6 is 0 Å². The Morgan fingerprint density at radius 3 is 2.70 bits per heavy atom. The van der Waals surface area contributed by atoms with E-state index in [1.807, 2.05) is 47.4 Å². The first-order valence-electron chi connectivity index (χ1n) is 10.2. The Bertz CT molecular complexity index is 1020. The number of amides is 1. The van der Waals surface area contributed by atoms with Crippen LogP contribution in [0.15, 0.2) is 60.8 Å². The number of benzene rings is 2. The molecule has 30 heavy (non-hydrogen) atoms. The summed E-state index contributed by atoms with van der Waals surface area (Å²) in [6.45, 7) is 6.35. The fourth-order valence-electron chi connectivity index (χ4n) is 3.96. The largest absolute Gasteiger partial charge is 0.484 e. The van der Waals surface area contributed by atoms with Gasteiger partial charge in [-0.15, -0.1) is 0 Å². The van der Waals surface area contributed by atoms with E-state index in [9.17, 15) is 9.18 Å². The summed E-state index contributed by atoms with van der Waals surface area (Å²) < 4.78 is 18.9. The van der Waals surface area contributed by atoms with Gasteiger partial charge < -0.3 is 9.64 Å². The van der Waals surface area contributed by atoms with E-state index in [2.05, 4.69) is 23.7 Å². The van der Waals surface area contributed by atoms with Crippen molar-refractivity contribution < 1.29 is 13.9 Å². The zero-order chi connectivity index (χ0) is 21.1. The molecule has 0 unspecified atom stereocenters. The molecule has 0 radical (unpaired) electrons. The number of aromatic nitrogens is 1. The maximum absolute atomic E-state index is 13.1. The van der Waals surface area contributed by atoms with Crippen molar-refractivity contribution in [3.8, 4) is 5.75 Å². The number of hydrogen-bond acceptors (Lipinski definition) is 4. The second kappa shape index (κ2) is 8.79. The van der Waals surface area contributed by atoms with E-state index in [0.717, 1.165) is 29.6 Å². The molecule has 1 amide bonds. The Balaban J connectivity index is 1.34. The fraction of sp³-hybridized carbons (Fsp3) is 0.333. The van der Waals surface area contributed by atoms with Crippen LogP contribution in [0.4, 0.5) is 4.39 Å². The number of carbonyl (C=O) groups excluding carboxylic acids is 1. The van der Waals surface area contributed by atoms with Gasteiger partial charge in [-0.1, -0.05) is 18.2 Å². The molecule has 0 N–H and O–H groups in total. The molecular weight excluding hydrogens is 381 g/mol. The standard InChI is InChI=1S/C24H26FN3O2/c1-17-14-28(18(2)13-27(17)15-19-5-7-21(25)8-6-19)24(29)16-30-22-9-10-23-20(12-22)4-3-11-26-23/h3-12,17-18H,13-16H2,1-2H3/t17-,18+/m0/s1. The van der Waals surface area contributed by atoms with Gasteiger partial charge in [0.25, 0.3) is 5.91 Å². The van der Waals surface area contributed by atoms with Crippen molar-refractivity contribution in [2.75, 3.05) is 19.7 Å². The average Bonchev–Trinajstić information content (AvgIpc) is 2.75. The van der Waals surface area contributed by atoms with Gasteiger partial charge in [-0.3, -0.25) is 14.7 Å². The lowest BCUT2D eigenvalue weighted by Crippen LogP contribution is -2.58. The van der Waals surface area contributed by atoms with Crippen molar-refractivity contribution in [2.24, 2.45) is 0 Å². The molecule has 0 spiro atoms. The van der Waals surface area contributed by atoms with Gasteiger partial charge in [-0.2, -0.15) is 0 Å². The van der Waals surface area contributed by atoms with Gasteiger partial charge in [-0.05, 0) is 55.8 Å². The van der Waals surface area contributed by atoms with E-state index >= 15 is 0 Å². The fourth-order valence-corrected chi connectivity index (χ4v) is 3.96. The highest BCUT2D eigenvalue weighted by molar-refractivity contribution is 5.81. The number of hydrogen-bond donors (Lipinski definition) is 0. The van der Waals surface area contributed by atoms with Crippen molar-refractivity contribution in [1.82, 2.24) is 14.8 Å². The van der Waals surface area contributed by atoms with Gasteiger partial charge in [0, 0.05) is 43.3 Å². The number of ether oxygens (including phenoxy) is 1.